The summed E-state index contributed by atoms with van der Waals surface area (Å²) in [4.78, 5) is 28.8. The maximum Gasteiger partial charge on any atom is 0.238 e. The van der Waals surface area contributed by atoms with Crippen LogP contribution in [0.1, 0.15) is 25.7 Å². The Hall–Kier alpha value is -2.08. The maximum absolute atomic E-state index is 12.4. The van der Waals surface area contributed by atoms with Crippen LogP contribution in [0.4, 0.5) is 5.69 Å². The molecule has 0 aliphatic carbocycles. The quantitative estimate of drug-likeness (QED) is 0.886. The van der Waals surface area contributed by atoms with E-state index < -0.39 is 0 Å². The third kappa shape index (κ3) is 4.72. The van der Waals surface area contributed by atoms with Crippen molar-refractivity contribution in [3.05, 3.63) is 24.3 Å². The molecule has 3 rings (SSSR count). The maximum atomic E-state index is 12.4. The van der Waals surface area contributed by atoms with Crippen molar-refractivity contribution in [2.45, 2.75) is 25.7 Å². The van der Waals surface area contributed by atoms with Gasteiger partial charge in [-0.15, -0.1) is 0 Å². The number of hydrogen-bond acceptors (Lipinski definition) is 4. The number of likely N-dealkylation sites (tertiary alicyclic amines) is 2. The Balaban J connectivity index is 1.43. The summed E-state index contributed by atoms with van der Waals surface area (Å²) in [6.45, 7) is 3.80. The fraction of sp³-hybridized carbons (Fsp3) is 0.579. The highest BCUT2D eigenvalue weighted by Crippen LogP contribution is 2.22. The number of nitrogens with one attached hydrogen (secondary N) is 1. The first-order valence-electron chi connectivity index (χ1n) is 9.11. The predicted molar refractivity (Wildman–Crippen MR) is 96.6 cm³/mol. The molecule has 2 aliphatic heterocycles. The van der Waals surface area contributed by atoms with Crippen LogP contribution < -0.4 is 10.1 Å². The molecule has 6 heteroatoms. The van der Waals surface area contributed by atoms with Crippen LogP contribution in [-0.2, 0) is 9.59 Å². The van der Waals surface area contributed by atoms with E-state index in [2.05, 4.69) is 10.2 Å². The van der Waals surface area contributed by atoms with Gasteiger partial charge in [-0.25, -0.2) is 0 Å². The number of nitrogens with zero attached hydrogens (tertiary/aromatic N) is 2. The fourth-order valence-electron chi connectivity index (χ4n) is 3.64. The summed E-state index contributed by atoms with van der Waals surface area (Å²) in [6, 6.07) is 7.35. The Kier molecular flexibility index (Phi) is 5.91. The third-order valence-corrected chi connectivity index (χ3v) is 5.08. The van der Waals surface area contributed by atoms with Crippen molar-refractivity contribution in [1.29, 1.82) is 0 Å². The van der Waals surface area contributed by atoms with Gasteiger partial charge in [-0.3, -0.25) is 14.5 Å². The number of piperidine rings is 1. The van der Waals surface area contributed by atoms with Gasteiger partial charge in [0.2, 0.25) is 11.8 Å². The van der Waals surface area contributed by atoms with Gasteiger partial charge in [-0.05, 0) is 50.9 Å². The van der Waals surface area contributed by atoms with Crippen molar-refractivity contribution in [1.82, 2.24) is 9.80 Å². The number of methoxy groups -OCH3 is 1. The zero-order valence-electron chi connectivity index (χ0n) is 14.9. The van der Waals surface area contributed by atoms with Crippen molar-refractivity contribution >= 4 is 17.5 Å². The minimum absolute atomic E-state index is 0.0300. The number of amides is 2. The smallest absolute Gasteiger partial charge is 0.238 e. The number of benzene rings is 1. The Bertz CT molecular complexity index is 606. The molecule has 6 nitrogen and oxygen atoms in total. The van der Waals surface area contributed by atoms with E-state index in [0.29, 0.717) is 12.5 Å². The molecule has 2 aliphatic rings. The topological polar surface area (TPSA) is 61.9 Å². The highest BCUT2D eigenvalue weighted by Gasteiger charge is 2.30. The number of anilines is 1. The minimum atomic E-state index is -0.0300. The summed E-state index contributed by atoms with van der Waals surface area (Å²) in [5.74, 6) is 1.14. The van der Waals surface area contributed by atoms with Crippen molar-refractivity contribution in [3.8, 4) is 5.75 Å². The molecule has 1 aromatic carbocycles. The molecule has 0 radical (unpaired) electrons. The summed E-state index contributed by atoms with van der Waals surface area (Å²) in [7, 11) is 1.61. The molecule has 2 amide bonds. The van der Waals surface area contributed by atoms with Gasteiger partial charge in [0, 0.05) is 30.8 Å². The molecule has 0 aromatic heterocycles. The first kappa shape index (κ1) is 17.7. The van der Waals surface area contributed by atoms with Crippen LogP contribution >= 0.6 is 0 Å². The molecular weight excluding hydrogens is 318 g/mol. The lowest BCUT2D eigenvalue weighted by Gasteiger charge is -2.32. The minimum Gasteiger partial charge on any atom is -0.497 e. The number of carbonyl (C=O) groups excluding carboxylic acids is 2. The molecule has 2 saturated heterocycles. The molecular formula is C19H27N3O3. The summed E-state index contributed by atoms with van der Waals surface area (Å²) in [5.41, 5.74) is 0.739. The third-order valence-electron chi connectivity index (χ3n) is 5.08. The van der Waals surface area contributed by atoms with Crippen molar-refractivity contribution in [3.63, 3.8) is 0 Å². The van der Waals surface area contributed by atoms with Crippen LogP contribution in [-0.4, -0.2) is 61.4 Å². The standard InChI is InChI=1S/C19H27N3O3/c1-25-17-6-4-5-16(13-17)20-18(23)14-21-11-7-15(8-12-21)19(24)22-9-2-3-10-22/h4-6,13,15H,2-3,7-12,14H2,1H3,(H,20,23). The van der Waals surface area contributed by atoms with Gasteiger partial charge in [0.15, 0.2) is 0 Å². The highest BCUT2D eigenvalue weighted by atomic mass is 16.5. The second kappa shape index (κ2) is 8.34. The van der Waals surface area contributed by atoms with E-state index >= 15 is 0 Å². The SMILES string of the molecule is COc1cccc(NC(=O)CN2CCC(C(=O)N3CCCC3)CC2)c1. The van der Waals surface area contributed by atoms with Crippen LogP contribution in [0.5, 0.6) is 5.75 Å². The number of hydrogen-bond donors (Lipinski definition) is 1. The van der Waals surface area contributed by atoms with Crippen LogP contribution in [0.3, 0.4) is 0 Å². The second-order valence-electron chi connectivity index (χ2n) is 6.86. The molecule has 1 aromatic rings. The van der Waals surface area contributed by atoms with Crippen molar-refractivity contribution in [2.24, 2.45) is 5.92 Å². The number of carbonyl (C=O) groups is 2. The zero-order chi connectivity index (χ0) is 17.6. The first-order chi connectivity index (χ1) is 12.2. The molecule has 2 fully saturated rings. The summed E-state index contributed by atoms with van der Waals surface area (Å²) >= 11 is 0. The van der Waals surface area contributed by atoms with E-state index in [4.69, 9.17) is 4.74 Å². The summed E-state index contributed by atoms with van der Waals surface area (Å²) in [6.07, 6.45) is 3.97. The molecule has 136 valence electrons. The lowest BCUT2D eigenvalue weighted by molar-refractivity contribution is -0.136. The highest BCUT2D eigenvalue weighted by molar-refractivity contribution is 5.92. The van der Waals surface area contributed by atoms with Crippen LogP contribution in [0.2, 0.25) is 0 Å². The lowest BCUT2D eigenvalue weighted by atomic mass is 9.95. The molecule has 0 atom stereocenters. The van der Waals surface area contributed by atoms with Gasteiger partial charge in [0.05, 0.1) is 13.7 Å². The van der Waals surface area contributed by atoms with E-state index in [9.17, 15) is 9.59 Å². The first-order valence-corrected chi connectivity index (χ1v) is 9.11. The van der Waals surface area contributed by atoms with E-state index in [1.54, 1.807) is 13.2 Å². The average Bonchev–Trinajstić information content (AvgIpc) is 3.16. The average molecular weight is 345 g/mol. The molecule has 2 heterocycles. The second-order valence-corrected chi connectivity index (χ2v) is 6.86. The van der Waals surface area contributed by atoms with E-state index in [1.807, 2.05) is 23.1 Å². The molecule has 0 bridgehead atoms. The number of ether oxygens (including phenoxy) is 1. The largest absolute Gasteiger partial charge is 0.497 e. The Morgan fingerprint density at radius 3 is 2.56 bits per heavy atom. The van der Waals surface area contributed by atoms with Crippen LogP contribution in [0.25, 0.3) is 0 Å². The fourth-order valence-corrected chi connectivity index (χ4v) is 3.64. The Labute approximate surface area is 149 Å². The lowest BCUT2D eigenvalue weighted by Crippen LogP contribution is -2.43. The van der Waals surface area contributed by atoms with Gasteiger partial charge in [-0.1, -0.05) is 6.07 Å². The van der Waals surface area contributed by atoms with E-state index in [-0.39, 0.29) is 11.8 Å². The van der Waals surface area contributed by atoms with Crippen molar-refractivity contribution < 1.29 is 14.3 Å². The van der Waals surface area contributed by atoms with Crippen molar-refractivity contribution in [2.75, 3.05) is 45.2 Å². The Morgan fingerprint density at radius 1 is 1.16 bits per heavy atom. The molecule has 0 spiro atoms. The summed E-state index contributed by atoms with van der Waals surface area (Å²) < 4.78 is 5.17. The van der Waals surface area contributed by atoms with Gasteiger partial charge < -0.3 is 15.0 Å². The molecule has 0 saturated carbocycles. The summed E-state index contributed by atoms with van der Waals surface area (Å²) in [5, 5.41) is 2.91. The van der Waals surface area contributed by atoms with Crippen LogP contribution in [0.15, 0.2) is 24.3 Å². The molecule has 25 heavy (non-hydrogen) atoms. The van der Waals surface area contributed by atoms with Crippen LogP contribution in [0, 0.1) is 5.92 Å². The van der Waals surface area contributed by atoms with Gasteiger partial charge in [-0.2, -0.15) is 0 Å². The van der Waals surface area contributed by atoms with E-state index in [0.717, 1.165) is 63.3 Å². The Morgan fingerprint density at radius 2 is 1.88 bits per heavy atom. The molecule has 1 N–H and O–H groups in total. The van der Waals surface area contributed by atoms with Gasteiger partial charge >= 0.3 is 0 Å². The normalized spacial score (nSPS) is 19.0. The van der Waals surface area contributed by atoms with Gasteiger partial charge in [0.1, 0.15) is 5.75 Å². The monoisotopic (exact) mass is 345 g/mol. The zero-order valence-corrected chi connectivity index (χ0v) is 14.9. The predicted octanol–water partition coefficient (Wildman–Crippen LogP) is 1.97. The van der Waals surface area contributed by atoms with E-state index in [1.165, 1.54) is 0 Å². The molecule has 0 unspecified atom stereocenters. The van der Waals surface area contributed by atoms with Gasteiger partial charge in [0.25, 0.3) is 0 Å². The number of rotatable bonds is 5.